The lowest BCUT2D eigenvalue weighted by molar-refractivity contribution is -0.137. The minimum atomic E-state index is -1.06. The van der Waals surface area contributed by atoms with Crippen molar-refractivity contribution in [1.82, 2.24) is 14.7 Å². The summed E-state index contributed by atoms with van der Waals surface area (Å²) in [5.74, 6) is -1.44. The number of ether oxygens (including phenoxy) is 1. The maximum Gasteiger partial charge on any atom is 0.323 e. The van der Waals surface area contributed by atoms with Crippen LogP contribution in [0.2, 0.25) is 0 Å². The number of aliphatic carboxylic acids is 1. The molecule has 0 aliphatic rings. The van der Waals surface area contributed by atoms with Gasteiger partial charge in [0.1, 0.15) is 6.54 Å². The molecule has 0 saturated carbocycles. The molecule has 2 aromatic rings. The van der Waals surface area contributed by atoms with Gasteiger partial charge in [-0.15, -0.1) is 0 Å². The Kier molecular flexibility index (Phi) is 5.87. The quantitative estimate of drug-likeness (QED) is 0.788. The molecule has 7 heteroatoms. The predicted octanol–water partition coefficient (Wildman–Crippen LogP) is 1.10. The normalized spacial score (nSPS) is 10.5. The van der Waals surface area contributed by atoms with Crippen LogP contribution in [0.5, 0.6) is 0 Å². The molecule has 0 atom stereocenters. The molecule has 0 aliphatic carbocycles. The summed E-state index contributed by atoms with van der Waals surface area (Å²) in [6.45, 7) is 0.667. The Morgan fingerprint density at radius 1 is 1.30 bits per heavy atom. The summed E-state index contributed by atoms with van der Waals surface area (Å²) >= 11 is 0. The molecule has 0 fully saturated rings. The maximum atomic E-state index is 12.4. The standard InChI is InChI=1S/C16H19N3O4/c1-23-8-7-18(12-15(20)21)16(22)14-9-17-19(11-14)10-13-5-3-2-4-6-13/h2-6,9,11H,7-8,10,12H2,1H3,(H,20,21). The zero-order chi connectivity index (χ0) is 16.7. The molecular formula is C16H19N3O4. The average molecular weight is 317 g/mol. The van der Waals surface area contributed by atoms with Crippen LogP contribution in [0.15, 0.2) is 42.7 Å². The van der Waals surface area contributed by atoms with Gasteiger partial charge in [0.15, 0.2) is 0 Å². The van der Waals surface area contributed by atoms with E-state index in [1.807, 2.05) is 30.3 Å². The highest BCUT2D eigenvalue weighted by Crippen LogP contribution is 2.07. The zero-order valence-corrected chi connectivity index (χ0v) is 12.9. The van der Waals surface area contributed by atoms with E-state index in [0.29, 0.717) is 12.1 Å². The van der Waals surface area contributed by atoms with Crippen molar-refractivity contribution in [2.24, 2.45) is 0 Å². The fraction of sp³-hybridized carbons (Fsp3) is 0.312. The Hall–Kier alpha value is -2.67. The van der Waals surface area contributed by atoms with Gasteiger partial charge in [-0.1, -0.05) is 30.3 Å². The van der Waals surface area contributed by atoms with E-state index in [2.05, 4.69) is 5.10 Å². The fourth-order valence-electron chi connectivity index (χ4n) is 2.13. The van der Waals surface area contributed by atoms with Crippen molar-refractivity contribution in [2.75, 3.05) is 26.8 Å². The summed E-state index contributed by atoms with van der Waals surface area (Å²) in [7, 11) is 1.50. The van der Waals surface area contributed by atoms with E-state index in [1.54, 1.807) is 10.9 Å². The van der Waals surface area contributed by atoms with Gasteiger partial charge in [0.2, 0.25) is 0 Å². The lowest BCUT2D eigenvalue weighted by atomic mass is 10.2. The largest absolute Gasteiger partial charge is 0.480 e. The third kappa shape index (κ3) is 4.93. The second-order valence-corrected chi connectivity index (χ2v) is 5.03. The number of nitrogens with zero attached hydrogens (tertiary/aromatic N) is 3. The lowest BCUT2D eigenvalue weighted by Gasteiger charge is -2.19. The maximum absolute atomic E-state index is 12.4. The van der Waals surface area contributed by atoms with E-state index in [4.69, 9.17) is 9.84 Å². The van der Waals surface area contributed by atoms with Gasteiger partial charge in [-0.25, -0.2) is 0 Å². The second-order valence-electron chi connectivity index (χ2n) is 5.03. The number of carbonyl (C=O) groups is 2. The van der Waals surface area contributed by atoms with E-state index in [1.165, 1.54) is 18.2 Å². The first kappa shape index (κ1) is 16.7. The van der Waals surface area contributed by atoms with Crippen molar-refractivity contribution in [3.05, 3.63) is 53.9 Å². The van der Waals surface area contributed by atoms with Gasteiger partial charge in [0.25, 0.3) is 5.91 Å². The smallest absolute Gasteiger partial charge is 0.323 e. The Labute approximate surface area is 134 Å². The molecule has 2 rings (SSSR count). The zero-order valence-electron chi connectivity index (χ0n) is 12.9. The molecule has 1 N–H and O–H groups in total. The van der Waals surface area contributed by atoms with Crippen molar-refractivity contribution >= 4 is 11.9 Å². The molecule has 0 bridgehead atoms. The number of carboxylic acids is 1. The minimum absolute atomic E-state index is 0.214. The number of carbonyl (C=O) groups excluding carboxylic acids is 1. The van der Waals surface area contributed by atoms with E-state index in [0.717, 1.165) is 5.56 Å². The molecule has 0 aliphatic heterocycles. The number of amides is 1. The van der Waals surface area contributed by atoms with Gasteiger partial charge in [-0.2, -0.15) is 5.10 Å². The third-order valence-electron chi connectivity index (χ3n) is 3.25. The van der Waals surface area contributed by atoms with Crippen molar-refractivity contribution in [1.29, 1.82) is 0 Å². The third-order valence-corrected chi connectivity index (χ3v) is 3.25. The van der Waals surface area contributed by atoms with Gasteiger partial charge in [-0.3, -0.25) is 14.3 Å². The Morgan fingerprint density at radius 3 is 2.70 bits per heavy atom. The summed E-state index contributed by atoms with van der Waals surface area (Å²) in [5, 5.41) is 13.1. The number of methoxy groups -OCH3 is 1. The Morgan fingerprint density at radius 2 is 2.04 bits per heavy atom. The first-order chi connectivity index (χ1) is 11.1. The highest BCUT2D eigenvalue weighted by Gasteiger charge is 2.19. The molecule has 0 spiro atoms. The average Bonchev–Trinajstić information content (AvgIpc) is 3.00. The molecule has 23 heavy (non-hydrogen) atoms. The molecule has 0 unspecified atom stereocenters. The highest BCUT2D eigenvalue weighted by atomic mass is 16.5. The van der Waals surface area contributed by atoms with Crippen LogP contribution in [0.4, 0.5) is 0 Å². The molecule has 0 radical (unpaired) electrons. The van der Waals surface area contributed by atoms with Crippen LogP contribution < -0.4 is 0 Å². The number of rotatable bonds is 8. The van der Waals surface area contributed by atoms with E-state index < -0.39 is 5.97 Å². The monoisotopic (exact) mass is 317 g/mol. The van der Waals surface area contributed by atoms with Gasteiger partial charge in [0, 0.05) is 19.9 Å². The Bertz CT molecular complexity index is 654. The number of hydrogen-bond donors (Lipinski definition) is 1. The second kappa shape index (κ2) is 8.09. The summed E-state index contributed by atoms with van der Waals surface area (Å²) in [4.78, 5) is 24.5. The van der Waals surface area contributed by atoms with Crippen LogP contribution in [0.3, 0.4) is 0 Å². The summed E-state index contributed by atoms with van der Waals surface area (Å²) in [6.07, 6.45) is 3.07. The number of carboxylic acid groups (broad SMARTS) is 1. The minimum Gasteiger partial charge on any atom is -0.480 e. The van der Waals surface area contributed by atoms with Crippen LogP contribution in [0.25, 0.3) is 0 Å². The predicted molar refractivity (Wildman–Crippen MR) is 83.2 cm³/mol. The highest BCUT2D eigenvalue weighted by molar-refractivity contribution is 5.95. The fourth-order valence-corrected chi connectivity index (χ4v) is 2.13. The van der Waals surface area contributed by atoms with Gasteiger partial charge in [0.05, 0.1) is 24.9 Å². The van der Waals surface area contributed by atoms with Crippen molar-refractivity contribution in [3.63, 3.8) is 0 Å². The van der Waals surface area contributed by atoms with Crippen molar-refractivity contribution in [2.45, 2.75) is 6.54 Å². The Balaban J connectivity index is 2.07. The molecule has 7 nitrogen and oxygen atoms in total. The SMILES string of the molecule is COCCN(CC(=O)O)C(=O)c1cnn(Cc2ccccc2)c1. The van der Waals surface area contributed by atoms with Crippen LogP contribution in [-0.4, -0.2) is 58.5 Å². The molecule has 1 aromatic carbocycles. The number of benzene rings is 1. The van der Waals surface area contributed by atoms with E-state index in [9.17, 15) is 9.59 Å². The van der Waals surface area contributed by atoms with E-state index >= 15 is 0 Å². The van der Waals surface area contributed by atoms with E-state index in [-0.39, 0.29) is 25.6 Å². The van der Waals surface area contributed by atoms with Crippen LogP contribution in [0.1, 0.15) is 15.9 Å². The lowest BCUT2D eigenvalue weighted by Crippen LogP contribution is -2.37. The summed E-state index contributed by atoms with van der Waals surface area (Å²) < 4.78 is 6.57. The number of aromatic nitrogens is 2. The van der Waals surface area contributed by atoms with Gasteiger partial charge >= 0.3 is 5.97 Å². The van der Waals surface area contributed by atoms with Crippen LogP contribution >= 0.6 is 0 Å². The first-order valence-corrected chi connectivity index (χ1v) is 7.16. The van der Waals surface area contributed by atoms with Crippen LogP contribution in [0, 0.1) is 0 Å². The van der Waals surface area contributed by atoms with Crippen LogP contribution in [-0.2, 0) is 16.1 Å². The van der Waals surface area contributed by atoms with Crippen molar-refractivity contribution < 1.29 is 19.4 Å². The number of hydrogen-bond acceptors (Lipinski definition) is 4. The van der Waals surface area contributed by atoms with Crippen molar-refractivity contribution in [3.8, 4) is 0 Å². The summed E-state index contributed by atoms with van der Waals surface area (Å²) in [6, 6.07) is 9.74. The molecule has 122 valence electrons. The van der Waals surface area contributed by atoms with Gasteiger partial charge < -0.3 is 14.7 Å². The molecule has 0 saturated heterocycles. The first-order valence-electron chi connectivity index (χ1n) is 7.16. The molecule has 1 aromatic heterocycles. The van der Waals surface area contributed by atoms with Gasteiger partial charge in [-0.05, 0) is 5.56 Å². The summed E-state index contributed by atoms with van der Waals surface area (Å²) in [5.41, 5.74) is 1.43. The molecule has 1 amide bonds. The molecular weight excluding hydrogens is 298 g/mol. The topological polar surface area (TPSA) is 84.7 Å². The molecule has 1 heterocycles.